The predicted molar refractivity (Wildman–Crippen MR) is 141 cm³/mol. The maximum atomic E-state index is 12.5. The van der Waals surface area contributed by atoms with Gasteiger partial charge in [-0.15, -0.1) is 0 Å². The Balaban J connectivity index is 0.00000103. The lowest BCUT2D eigenvalue weighted by molar-refractivity contribution is 0.0946. The number of aromatic nitrogens is 4. The summed E-state index contributed by atoms with van der Waals surface area (Å²) in [5, 5.41) is 13.4. The van der Waals surface area contributed by atoms with E-state index in [9.17, 15) is 10.1 Å². The molecule has 0 aliphatic carbocycles. The van der Waals surface area contributed by atoms with Gasteiger partial charge in [0.25, 0.3) is 5.91 Å². The smallest absolute Gasteiger partial charge is 0.270 e. The third kappa shape index (κ3) is 6.51. The minimum atomic E-state index is -0.279. The molecule has 0 spiro atoms. The Labute approximate surface area is 207 Å². The highest BCUT2D eigenvalue weighted by molar-refractivity contribution is 5.92. The van der Waals surface area contributed by atoms with Crippen LogP contribution in [0.25, 0.3) is 22.3 Å². The molecule has 0 aliphatic rings. The number of fused-ring (bicyclic) bond motifs is 1. The minimum absolute atomic E-state index is 0.0267. The van der Waals surface area contributed by atoms with Gasteiger partial charge in [-0.25, -0.2) is 9.97 Å². The molecule has 4 rings (SSSR count). The van der Waals surface area contributed by atoms with Crippen LogP contribution in [0, 0.1) is 11.3 Å². The molecular weight excluding hydrogens is 436 g/mol. The Morgan fingerprint density at radius 2 is 1.77 bits per heavy atom. The second-order valence-corrected chi connectivity index (χ2v) is 8.31. The first-order chi connectivity index (χ1) is 16.9. The molecule has 7 nitrogen and oxygen atoms in total. The fourth-order valence-electron chi connectivity index (χ4n) is 3.32. The molecule has 0 saturated heterocycles. The fourth-order valence-corrected chi connectivity index (χ4v) is 3.32. The molecule has 0 atom stereocenters. The van der Waals surface area contributed by atoms with Gasteiger partial charge in [-0.3, -0.25) is 9.78 Å². The number of nitriles is 1. The lowest BCUT2D eigenvalue weighted by Gasteiger charge is -2.18. The molecule has 7 heteroatoms. The quantitative estimate of drug-likeness (QED) is 0.371. The fraction of sp³-hybridized carbons (Fsp3) is 0.321. The number of nitrogens with zero attached hydrogens (tertiary/aromatic N) is 4. The molecule has 0 unspecified atom stereocenters. The Kier molecular flexibility index (Phi) is 9.65. The van der Waals surface area contributed by atoms with Crippen molar-refractivity contribution >= 4 is 16.9 Å². The molecule has 0 saturated carbocycles. The van der Waals surface area contributed by atoms with Crippen molar-refractivity contribution < 1.29 is 4.79 Å². The largest absolute Gasteiger partial charge is 0.347 e. The van der Waals surface area contributed by atoms with Gasteiger partial charge in [0, 0.05) is 29.9 Å². The first kappa shape index (κ1) is 27.2. The van der Waals surface area contributed by atoms with E-state index in [1.165, 1.54) is 6.33 Å². The van der Waals surface area contributed by atoms with Crippen LogP contribution < -0.4 is 5.32 Å². The summed E-state index contributed by atoms with van der Waals surface area (Å²) in [6.45, 7) is 14.5. The van der Waals surface area contributed by atoms with Gasteiger partial charge in [0.1, 0.15) is 17.7 Å². The Hall–Kier alpha value is -4.05. The number of benzene rings is 1. The molecule has 3 heterocycles. The lowest BCUT2D eigenvalue weighted by atomic mass is 9.88. The number of aromatic amines is 1. The maximum absolute atomic E-state index is 12.5. The Morgan fingerprint density at radius 3 is 2.40 bits per heavy atom. The monoisotopic (exact) mass is 470 g/mol. The van der Waals surface area contributed by atoms with Crippen LogP contribution in [0.1, 0.15) is 75.6 Å². The van der Waals surface area contributed by atoms with Crippen LogP contribution in [0.15, 0.2) is 55.1 Å². The zero-order valence-electron chi connectivity index (χ0n) is 21.6. The van der Waals surface area contributed by atoms with E-state index >= 15 is 0 Å². The first-order valence-corrected chi connectivity index (χ1v) is 11.9. The second-order valence-electron chi connectivity index (χ2n) is 8.31. The summed E-state index contributed by atoms with van der Waals surface area (Å²) in [4.78, 5) is 28.4. The van der Waals surface area contributed by atoms with Crippen molar-refractivity contribution in [2.24, 2.45) is 0 Å². The highest BCUT2D eigenvalue weighted by atomic mass is 16.1. The first-order valence-electron chi connectivity index (χ1n) is 11.9. The van der Waals surface area contributed by atoms with E-state index in [0.29, 0.717) is 11.3 Å². The summed E-state index contributed by atoms with van der Waals surface area (Å²) in [5.74, 6) is -0.279. The topological polar surface area (TPSA) is 107 Å². The predicted octanol–water partition coefficient (Wildman–Crippen LogP) is 6.17. The van der Waals surface area contributed by atoms with Crippen molar-refractivity contribution in [1.82, 2.24) is 25.3 Å². The lowest BCUT2D eigenvalue weighted by Crippen LogP contribution is -2.24. The van der Waals surface area contributed by atoms with Crippen LogP contribution in [0.2, 0.25) is 0 Å². The van der Waals surface area contributed by atoms with Crippen molar-refractivity contribution in [3.63, 3.8) is 0 Å². The number of amides is 1. The molecule has 4 aromatic rings. The maximum Gasteiger partial charge on any atom is 0.270 e. The molecule has 2 N–H and O–H groups in total. The zero-order valence-corrected chi connectivity index (χ0v) is 21.6. The SMILES string of the molecule is CC.CC.CC(C)(C)c1ccc(C(=O)NCc2ccc(-c3ncnc4[nH]ccc34)cc2C#N)nc1. The van der Waals surface area contributed by atoms with Crippen molar-refractivity contribution in [1.29, 1.82) is 5.26 Å². The van der Waals surface area contributed by atoms with Gasteiger partial charge in [0.05, 0.1) is 17.3 Å². The normalized spacial score (nSPS) is 10.3. The van der Waals surface area contributed by atoms with E-state index in [4.69, 9.17) is 0 Å². The van der Waals surface area contributed by atoms with Gasteiger partial charge in [-0.05, 0) is 34.7 Å². The third-order valence-corrected chi connectivity index (χ3v) is 5.16. The minimum Gasteiger partial charge on any atom is -0.347 e. The zero-order chi connectivity index (χ0) is 26.0. The molecule has 1 aromatic carbocycles. The molecule has 0 bridgehead atoms. The van der Waals surface area contributed by atoms with Crippen LogP contribution in [-0.2, 0) is 12.0 Å². The van der Waals surface area contributed by atoms with Crippen LogP contribution in [0.4, 0.5) is 0 Å². The molecule has 0 aliphatic heterocycles. The third-order valence-electron chi connectivity index (χ3n) is 5.16. The van der Waals surface area contributed by atoms with Gasteiger partial charge in [0.2, 0.25) is 0 Å². The summed E-state index contributed by atoms with van der Waals surface area (Å²) >= 11 is 0. The highest BCUT2D eigenvalue weighted by Gasteiger charge is 2.16. The molecule has 35 heavy (non-hydrogen) atoms. The van der Waals surface area contributed by atoms with Crippen molar-refractivity contribution in [3.05, 3.63) is 77.5 Å². The Bertz CT molecular complexity index is 1290. The number of hydrogen-bond acceptors (Lipinski definition) is 5. The van der Waals surface area contributed by atoms with Crippen molar-refractivity contribution in [2.45, 2.75) is 60.4 Å². The van der Waals surface area contributed by atoms with Crippen LogP contribution in [0.3, 0.4) is 0 Å². The van der Waals surface area contributed by atoms with Crippen LogP contribution in [0.5, 0.6) is 0 Å². The number of pyridine rings is 1. The molecule has 1 amide bonds. The van der Waals surface area contributed by atoms with Gasteiger partial charge in [0.15, 0.2) is 0 Å². The van der Waals surface area contributed by atoms with Gasteiger partial charge < -0.3 is 10.3 Å². The highest BCUT2D eigenvalue weighted by Crippen LogP contribution is 2.26. The number of carbonyl (C=O) groups is 1. The molecule has 3 aromatic heterocycles. The van der Waals surface area contributed by atoms with E-state index in [-0.39, 0.29) is 17.9 Å². The van der Waals surface area contributed by atoms with E-state index < -0.39 is 0 Å². The summed E-state index contributed by atoms with van der Waals surface area (Å²) in [7, 11) is 0. The van der Waals surface area contributed by atoms with Gasteiger partial charge in [-0.2, -0.15) is 5.26 Å². The summed E-state index contributed by atoms with van der Waals surface area (Å²) in [6, 6.07) is 13.3. The average molecular weight is 471 g/mol. The average Bonchev–Trinajstić information content (AvgIpc) is 3.38. The standard InChI is InChI=1S/C24H22N6O.2C2H6/c1-24(2,3)18-6-7-20(27-13-18)23(31)28-12-16-5-4-15(10-17(16)11-25)21-19-8-9-26-22(19)30-14-29-21;2*1-2/h4-10,13-14H,12H2,1-3H3,(H,28,31)(H,26,29,30);2*1-2H3. The number of carbonyl (C=O) groups excluding carboxylic acids is 1. The molecule has 0 fully saturated rings. The van der Waals surface area contributed by atoms with Gasteiger partial charge in [-0.1, -0.05) is 66.7 Å². The molecule has 0 radical (unpaired) electrons. The Morgan fingerprint density at radius 1 is 1.03 bits per heavy atom. The van der Waals surface area contributed by atoms with Gasteiger partial charge >= 0.3 is 0 Å². The summed E-state index contributed by atoms with van der Waals surface area (Å²) < 4.78 is 0. The molecule has 182 valence electrons. The summed E-state index contributed by atoms with van der Waals surface area (Å²) in [6.07, 6.45) is 5.03. The number of nitrogens with one attached hydrogen (secondary N) is 2. The van der Waals surface area contributed by atoms with Crippen LogP contribution >= 0.6 is 0 Å². The summed E-state index contributed by atoms with van der Waals surface area (Å²) in [5.41, 5.74) is 4.90. The number of H-pyrrole nitrogens is 1. The van der Waals surface area contributed by atoms with E-state index in [1.807, 2.05) is 52.0 Å². The number of rotatable bonds is 4. The van der Waals surface area contributed by atoms with E-state index in [0.717, 1.165) is 33.4 Å². The second kappa shape index (κ2) is 12.4. The van der Waals surface area contributed by atoms with Crippen molar-refractivity contribution in [2.75, 3.05) is 0 Å². The number of hydrogen-bond donors (Lipinski definition) is 2. The van der Waals surface area contributed by atoms with E-state index in [1.54, 1.807) is 24.5 Å². The van der Waals surface area contributed by atoms with E-state index in [2.05, 4.69) is 52.1 Å². The molecular formula is C28H34N6O. The van der Waals surface area contributed by atoms with Crippen molar-refractivity contribution in [3.8, 4) is 17.3 Å². The van der Waals surface area contributed by atoms with Crippen LogP contribution in [-0.4, -0.2) is 25.8 Å².